The maximum absolute atomic E-state index is 11.5. The van der Waals surface area contributed by atoms with Gasteiger partial charge in [-0.2, -0.15) is 0 Å². The normalized spacial score (nSPS) is 21.2. The minimum atomic E-state index is -2.90. The van der Waals surface area contributed by atoms with E-state index in [2.05, 4.69) is 5.32 Å². The lowest BCUT2D eigenvalue weighted by Gasteiger charge is -2.17. The molecule has 2 rings (SSSR count). The second kappa shape index (κ2) is 5.68. The minimum Gasteiger partial charge on any atom is -0.389 e. The van der Waals surface area contributed by atoms with Crippen LogP contribution in [0.4, 0.5) is 5.69 Å². The van der Waals surface area contributed by atoms with E-state index >= 15 is 0 Å². The summed E-state index contributed by atoms with van der Waals surface area (Å²) in [5, 5.41) is 3.26. The molecule has 1 aliphatic heterocycles. The van der Waals surface area contributed by atoms with Crippen molar-refractivity contribution in [1.29, 1.82) is 0 Å². The average Bonchev–Trinajstić information content (AvgIpc) is 2.68. The lowest BCUT2D eigenvalue weighted by atomic mass is 10.1. The van der Waals surface area contributed by atoms with Crippen LogP contribution in [0, 0.1) is 0 Å². The predicted molar refractivity (Wildman–Crippen MR) is 84.8 cm³/mol. The molecule has 0 aromatic heterocycles. The smallest absolute Gasteiger partial charge is 0.152 e. The van der Waals surface area contributed by atoms with Crippen LogP contribution in [0.25, 0.3) is 0 Å². The first-order chi connectivity index (χ1) is 8.93. The van der Waals surface area contributed by atoms with Gasteiger partial charge in [0.25, 0.3) is 0 Å². The lowest BCUT2D eigenvalue weighted by Crippen LogP contribution is -2.23. The molecule has 1 fully saturated rings. The predicted octanol–water partition coefficient (Wildman–Crippen LogP) is 1.64. The third kappa shape index (κ3) is 3.40. The zero-order valence-electron chi connectivity index (χ0n) is 10.5. The number of benzene rings is 1. The lowest BCUT2D eigenvalue weighted by molar-refractivity contribution is 0.602. The number of nitrogens with two attached hydrogens (primary N) is 1. The summed E-state index contributed by atoms with van der Waals surface area (Å²) < 4.78 is 23.0. The number of thiocarbonyl (C=S) groups is 1. The maximum atomic E-state index is 11.5. The van der Waals surface area contributed by atoms with Crippen molar-refractivity contribution in [2.45, 2.75) is 17.4 Å². The van der Waals surface area contributed by atoms with Gasteiger partial charge in [0, 0.05) is 22.2 Å². The zero-order chi connectivity index (χ0) is 14.0. The van der Waals surface area contributed by atoms with Crippen LogP contribution in [0.3, 0.4) is 0 Å². The molecule has 1 aromatic rings. The molecule has 1 atom stereocenters. The van der Waals surface area contributed by atoms with Gasteiger partial charge in [-0.05, 0) is 24.8 Å². The summed E-state index contributed by atoms with van der Waals surface area (Å²) in [7, 11) is -2.90. The number of hydrogen-bond donors (Lipinski definition) is 2. The monoisotopic (exact) mass is 316 g/mol. The van der Waals surface area contributed by atoms with Crippen molar-refractivity contribution in [1.82, 2.24) is 0 Å². The van der Waals surface area contributed by atoms with Crippen LogP contribution in [-0.2, 0) is 9.84 Å². The van der Waals surface area contributed by atoms with Crippen LogP contribution < -0.4 is 11.1 Å². The van der Waals surface area contributed by atoms with Gasteiger partial charge < -0.3 is 11.1 Å². The summed E-state index contributed by atoms with van der Waals surface area (Å²) in [6.07, 6.45) is 2.59. The molecule has 3 N–H and O–H groups in total. The molecule has 7 heteroatoms. The van der Waals surface area contributed by atoms with Crippen LogP contribution in [0.2, 0.25) is 0 Å². The number of anilines is 1. The van der Waals surface area contributed by atoms with Crippen molar-refractivity contribution in [2.75, 3.05) is 23.1 Å². The first-order valence-electron chi connectivity index (χ1n) is 5.87. The SMILES string of the molecule is CSc1cccc(NC2CCS(=O)(=O)C2)c1C(N)=S. The van der Waals surface area contributed by atoms with Gasteiger partial charge in [0.05, 0.1) is 11.5 Å². The fraction of sp³-hybridized carbons (Fsp3) is 0.417. The van der Waals surface area contributed by atoms with Gasteiger partial charge in [-0.3, -0.25) is 0 Å². The summed E-state index contributed by atoms with van der Waals surface area (Å²) in [5.41, 5.74) is 7.40. The molecule has 4 nitrogen and oxygen atoms in total. The van der Waals surface area contributed by atoms with Crippen molar-refractivity contribution in [3.05, 3.63) is 23.8 Å². The Balaban J connectivity index is 2.28. The quantitative estimate of drug-likeness (QED) is 0.650. The Hall–Kier alpha value is -0.790. The summed E-state index contributed by atoms with van der Waals surface area (Å²) in [4.78, 5) is 1.33. The van der Waals surface area contributed by atoms with Crippen LogP contribution >= 0.6 is 24.0 Å². The van der Waals surface area contributed by atoms with Crippen LogP contribution in [0.1, 0.15) is 12.0 Å². The largest absolute Gasteiger partial charge is 0.389 e. The molecular formula is C12H16N2O2S3. The van der Waals surface area contributed by atoms with E-state index in [1.165, 1.54) is 0 Å². The van der Waals surface area contributed by atoms with Gasteiger partial charge in [0.1, 0.15) is 4.99 Å². The Kier molecular flexibility index (Phi) is 4.37. The van der Waals surface area contributed by atoms with E-state index in [1.807, 2.05) is 24.5 Å². The van der Waals surface area contributed by atoms with Crippen LogP contribution in [0.5, 0.6) is 0 Å². The summed E-state index contributed by atoms with van der Waals surface area (Å²) in [6, 6.07) is 5.70. The van der Waals surface area contributed by atoms with Crippen LogP contribution in [-0.4, -0.2) is 37.2 Å². The van der Waals surface area contributed by atoms with Gasteiger partial charge in [-0.15, -0.1) is 11.8 Å². The fourth-order valence-corrected chi connectivity index (χ4v) is 4.80. The molecule has 0 amide bonds. The Labute approximate surface area is 123 Å². The van der Waals surface area contributed by atoms with Gasteiger partial charge in [0.2, 0.25) is 0 Å². The van der Waals surface area contributed by atoms with Gasteiger partial charge >= 0.3 is 0 Å². The highest BCUT2D eigenvalue weighted by Crippen LogP contribution is 2.28. The second-order valence-electron chi connectivity index (χ2n) is 4.49. The summed E-state index contributed by atoms with van der Waals surface area (Å²) in [6.45, 7) is 0. The molecule has 0 bridgehead atoms. The number of thioether (sulfide) groups is 1. The molecule has 1 unspecified atom stereocenters. The molecule has 1 aromatic carbocycles. The molecule has 1 heterocycles. The Bertz CT molecular complexity index is 599. The highest BCUT2D eigenvalue weighted by Gasteiger charge is 2.28. The molecule has 104 valence electrons. The van der Waals surface area contributed by atoms with Crippen molar-refractivity contribution in [3.8, 4) is 0 Å². The summed E-state index contributed by atoms with van der Waals surface area (Å²) >= 11 is 6.67. The highest BCUT2D eigenvalue weighted by atomic mass is 32.2. The zero-order valence-corrected chi connectivity index (χ0v) is 13.0. The van der Waals surface area contributed by atoms with E-state index in [-0.39, 0.29) is 17.5 Å². The van der Waals surface area contributed by atoms with Gasteiger partial charge in [-0.25, -0.2) is 8.42 Å². The topological polar surface area (TPSA) is 72.2 Å². The molecule has 0 saturated carbocycles. The molecule has 0 radical (unpaired) electrons. The number of sulfone groups is 1. The van der Waals surface area contributed by atoms with E-state index < -0.39 is 9.84 Å². The standard InChI is InChI=1S/C12H16N2O2S3/c1-18-10-4-2-3-9(11(10)12(13)17)14-8-5-6-19(15,16)7-8/h2-4,8,14H,5-7H2,1H3,(H2,13,17). The summed E-state index contributed by atoms with van der Waals surface area (Å²) in [5.74, 6) is 0.419. The van der Waals surface area contributed by atoms with E-state index in [0.717, 1.165) is 16.1 Å². The maximum Gasteiger partial charge on any atom is 0.152 e. The van der Waals surface area contributed by atoms with Gasteiger partial charge in [-0.1, -0.05) is 18.3 Å². The Morgan fingerprint density at radius 1 is 1.53 bits per heavy atom. The van der Waals surface area contributed by atoms with Crippen LogP contribution in [0.15, 0.2) is 23.1 Å². The first kappa shape index (κ1) is 14.6. The van der Waals surface area contributed by atoms with Crippen molar-refractivity contribution < 1.29 is 8.42 Å². The minimum absolute atomic E-state index is 0.0600. The fourth-order valence-electron chi connectivity index (χ4n) is 2.20. The number of rotatable bonds is 4. The number of hydrogen-bond acceptors (Lipinski definition) is 5. The van der Waals surface area contributed by atoms with E-state index in [9.17, 15) is 8.42 Å². The van der Waals surface area contributed by atoms with Gasteiger partial charge in [0.15, 0.2) is 9.84 Å². The highest BCUT2D eigenvalue weighted by molar-refractivity contribution is 7.98. The molecule has 0 spiro atoms. The third-order valence-corrected chi connectivity index (χ3v) is 5.84. The van der Waals surface area contributed by atoms with Crippen molar-refractivity contribution in [2.24, 2.45) is 5.73 Å². The second-order valence-corrected chi connectivity index (χ2v) is 8.01. The molecule has 19 heavy (non-hydrogen) atoms. The molecule has 1 saturated heterocycles. The van der Waals surface area contributed by atoms with E-state index in [4.69, 9.17) is 18.0 Å². The number of nitrogens with one attached hydrogen (secondary N) is 1. The third-order valence-electron chi connectivity index (χ3n) is 3.08. The van der Waals surface area contributed by atoms with Crippen molar-refractivity contribution in [3.63, 3.8) is 0 Å². The Morgan fingerprint density at radius 3 is 2.79 bits per heavy atom. The average molecular weight is 316 g/mol. The Morgan fingerprint density at radius 2 is 2.26 bits per heavy atom. The molecule has 0 aliphatic carbocycles. The molecule has 1 aliphatic rings. The molecular weight excluding hydrogens is 300 g/mol. The van der Waals surface area contributed by atoms with Crippen molar-refractivity contribution >= 4 is 44.5 Å². The van der Waals surface area contributed by atoms with E-state index in [0.29, 0.717) is 11.4 Å². The first-order valence-corrected chi connectivity index (χ1v) is 9.32. The van der Waals surface area contributed by atoms with E-state index in [1.54, 1.807) is 11.8 Å².